The molecule has 1 fully saturated rings. The molecule has 3 aromatic heterocycles. The molecule has 4 rings (SSSR count). The number of anilines is 1. The number of β-amino-alcohol motifs (C(OH)–C–C–N with tert-alkyl or cyclic N) is 1. The van der Waals surface area contributed by atoms with Crippen LogP contribution in [0.3, 0.4) is 0 Å². The maximum absolute atomic E-state index is 13.0. The molecule has 0 aromatic carbocycles. The van der Waals surface area contributed by atoms with Crippen molar-refractivity contribution in [1.29, 1.82) is 0 Å². The van der Waals surface area contributed by atoms with Gasteiger partial charge in [-0.1, -0.05) is 6.07 Å². The second-order valence-electron chi connectivity index (χ2n) is 9.39. The first kappa shape index (κ1) is 26.8. The summed E-state index contributed by atoms with van der Waals surface area (Å²) in [5.41, 5.74) is 0.346. The van der Waals surface area contributed by atoms with Crippen LogP contribution in [0.4, 0.5) is 18.9 Å². The number of amides is 1. The number of hydrogen-bond acceptors (Lipinski definition) is 7. The minimum atomic E-state index is -4.66. The number of aromatic nitrogens is 3. The number of likely N-dealkylation sites (tertiary alicyclic amines) is 1. The molecule has 0 saturated carbocycles. The number of nitrogens with zero attached hydrogens (tertiary/aromatic N) is 4. The maximum Gasteiger partial charge on any atom is 0.433 e. The van der Waals surface area contributed by atoms with Crippen molar-refractivity contribution in [2.75, 3.05) is 32.0 Å². The van der Waals surface area contributed by atoms with Crippen molar-refractivity contribution in [2.24, 2.45) is 0 Å². The average Bonchev–Trinajstić information content (AvgIpc) is 3.26. The van der Waals surface area contributed by atoms with E-state index in [9.17, 15) is 23.1 Å². The lowest BCUT2D eigenvalue weighted by molar-refractivity contribution is -0.141. The number of aliphatic hydroxyl groups is 1. The van der Waals surface area contributed by atoms with Crippen molar-refractivity contribution in [1.82, 2.24) is 24.6 Å². The number of nitrogens with one attached hydrogen (secondary N) is 2. The SMILES string of the molecule is CNC(O)CN1CCC(c2cn3cc(NC(=O)c4cccc(C(F)(F)F)n4)c(OC(C)C)cc3n2)CC1. The van der Waals surface area contributed by atoms with Crippen molar-refractivity contribution >= 4 is 17.2 Å². The van der Waals surface area contributed by atoms with Gasteiger partial charge in [0, 0.05) is 30.9 Å². The van der Waals surface area contributed by atoms with Crippen LogP contribution in [0.25, 0.3) is 5.65 Å². The average molecular weight is 521 g/mol. The Bertz CT molecular complexity index is 1240. The first-order chi connectivity index (χ1) is 17.5. The van der Waals surface area contributed by atoms with E-state index in [1.54, 1.807) is 23.7 Å². The summed E-state index contributed by atoms with van der Waals surface area (Å²) in [5.74, 6) is -0.184. The van der Waals surface area contributed by atoms with Gasteiger partial charge in [-0.15, -0.1) is 0 Å². The minimum absolute atomic E-state index is 0.212. The predicted molar refractivity (Wildman–Crippen MR) is 132 cm³/mol. The van der Waals surface area contributed by atoms with Gasteiger partial charge in [0.1, 0.15) is 34.7 Å². The summed E-state index contributed by atoms with van der Waals surface area (Å²) in [6.45, 7) is 5.91. The number of ether oxygens (including phenoxy) is 1. The molecule has 1 aliphatic rings. The number of imidazole rings is 1. The van der Waals surface area contributed by atoms with E-state index >= 15 is 0 Å². The molecule has 3 N–H and O–H groups in total. The van der Waals surface area contributed by atoms with Crippen LogP contribution in [-0.2, 0) is 6.18 Å². The zero-order valence-electron chi connectivity index (χ0n) is 20.9. The third kappa shape index (κ3) is 6.56. The van der Waals surface area contributed by atoms with E-state index in [1.807, 2.05) is 20.0 Å². The smallest absolute Gasteiger partial charge is 0.433 e. The van der Waals surface area contributed by atoms with Crippen LogP contribution in [0, 0.1) is 0 Å². The molecule has 1 saturated heterocycles. The van der Waals surface area contributed by atoms with Gasteiger partial charge in [-0.3, -0.25) is 15.0 Å². The van der Waals surface area contributed by atoms with Crippen molar-refractivity contribution < 1.29 is 27.8 Å². The summed E-state index contributed by atoms with van der Waals surface area (Å²) in [4.78, 5) is 23.2. The number of carbonyl (C=O) groups excluding carboxylic acids is 1. The Labute approximate surface area is 212 Å². The Hall–Kier alpha value is -3.22. The molecule has 12 heteroatoms. The maximum atomic E-state index is 13.0. The van der Waals surface area contributed by atoms with Crippen LogP contribution >= 0.6 is 0 Å². The van der Waals surface area contributed by atoms with Crippen LogP contribution in [-0.4, -0.2) is 69.3 Å². The molecule has 1 unspecified atom stereocenters. The number of rotatable bonds is 8. The topological polar surface area (TPSA) is 104 Å². The van der Waals surface area contributed by atoms with Gasteiger partial charge in [-0.25, -0.2) is 9.97 Å². The van der Waals surface area contributed by atoms with Crippen molar-refractivity contribution in [3.05, 3.63) is 53.7 Å². The van der Waals surface area contributed by atoms with Gasteiger partial charge in [0.2, 0.25) is 0 Å². The molecule has 9 nitrogen and oxygen atoms in total. The predicted octanol–water partition coefficient (Wildman–Crippen LogP) is 3.50. The first-order valence-corrected chi connectivity index (χ1v) is 12.2. The van der Waals surface area contributed by atoms with Gasteiger partial charge in [0.15, 0.2) is 0 Å². The molecule has 0 bridgehead atoms. The number of fused-ring (bicyclic) bond motifs is 1. The van der Waals surface area contributed by atoms with E-state index < -0.39 is 24.0 Å². The highest BCUT2D eigenvalue weighted by molar-refractivity contribution is 6.03. The number of halogens is 3. The number of pyridine rings is 2. The normalized spacial score (nSPS) is 16.3. The summed E-state index contributed by atoms with van der Waals surface area (Å²) in [5, 5.41) is 15.3. The summed E-state index contributed by atoms with van der Waals surface area (Å²) >= 11 is 0. The van der Waals surface area contributed by atoms with Gasteiger partial charge in [0.05, 0.1) is 11.8 Å². The molecule has 1 amide bonds. The molecule has 0 aliphatic carbocycles. The fraction of sp³-hybridized carbons (Fsp3) is 0.480. The van der Waals surface area contributed by atoms with Gasteiger partial charge >= 0.3 is 6.18 Å². The summed E-state index contributed by atoms with van der Waals surface area (Å²) in [7, 11) is 1.72. The van der Waals surface area contributed by atoms with Crippen LogP contribution in [0.2, 0.25) is 0 Å². The number of aliphatic hydroxyl groups excluding tert-OH is 1. The fourth-order valence-corrected chi connectivity index (χ4v) is 4.33. The van der Waals surface area contributed by atoms with Gasteiger partial charge in [0.25, 0.3) is 5.91 Å². The summed E-state index contributed by atoms with van der Waals surface area (Å²) < 4.78 is 46.8. The molecule has 200 valence electrons. The Morgan fingerprint density at radius 2 is 1.95 bits per heavy atom. The van der Waals surface area contributed by atoms with E-state index in [-0.39, 0.29) is 17.7 Å². The lowest BCUT2D eigenvalue weighted by Crippen LogP contribution is -2.42. The van der Waals surface area contributed by atoms with E-state index in [0.29, 0.717) is 23.6 Å². The number of carbonyl (C=O) groups is 1. The zero-order valence-corrected chi connectivity index (χ0v) is 20.9. The zero-order chi connectivity index (χ0) is 26.7. The second-order valence-corrected chi connectivity index (χ2v) is 9.39. The quantitative estimate of drug-likeness (QED) is 0.391. The van der Waals surface area contributed by atoms with E-state index in [0.717, 1.165) is 43.8 Å². The minimum Gasteiger partial charge on any atom is -0.489 e. The lowest BCUT2D eigenvalue weighted by atomic mass is 9.94. The number of alkyl halides is 3. The highest BCUT2D eigenvalue weighted by Crippen LogP contribution is 2.32. The number of piperidine rings is 1. The Morgan fingerprint density at radius 3 is 2.59 bits per heavy atom. The van der Waals surface area contributed by atoms with Crippen LogP contribution in [0.1, 0.15) is 54.5 Å². The first-order valence-electron chi connectivity index (χ1n) is 12.2. The fourth-order valence-electron chi connectivity index (χ4n) is 4.33. The van der Waals surface area contributed by atoms with E-state index in [4.69, 9.17) is 9.72 Å². The molecule has 1 aliphatic heterocycles. The second kappa shape index (κ2) is 11.0. The van der Waals surface area contributed by atoms with Crippen LogP contribution in [0.15, 0.2) is 36.7 Å². The third-order valence-electron chi connectivity index (χ3n) is 6.23. The molecule has 4 heterocycles. The molecule has 37 heavy (non-hydrogen) atoms. The Balaban J connectivity index is 1.56. The number of likely N-dealkylation sites (N-methyl/N-ethyl adjacent to an activating group) is 1. The molecular weight excluding hydrogens is 489 g/mol. The van der Waals surface area contributed by atoms with Gasteiger partial charge in [-0.2, -0.15) is 13.2 Å². The monoisotopic (exact) mass is 520 g/mol. The standard InChI is InChI=1S/C25H31F3N6O3/c1-15(2)37-20-11-22-31-18(16-7-9-33(10-8-16)14-23(35)29-3)12-34(22)13-19(20)32-24(36)17-5-4-6-21(30-17)25(26,27)28/h4-6,11-13,15-16,23,29,35H,7-10,14H2,1-3H3,(H,32,36). The highest BCUT2D eigenvalue weighted by Gasteiger charge is 2.33. The highest BCUT2D eigenvalue weighted by atomic mass is 19.4. The van der Waals surface area contributed by atoms with Crippen molar-refractivity contribution in [3.63, 3.8) is 0 Å². The Morgan fingerprint density at radius 1 is 1.22 bits per heavy atom. The van der Waals surface area contributed by atoms with E-state index in [2.05, 4.69) is 20.5 Å². The summed E-state index contributed by atoms with van der Waals surface area (Å²) in [6.07, 6.45) is -0.108. The Kier molecular flexibility index (Phi) is 8.00. The van der Waals surface area contributed by atoms with Crippen molar-refractivity contribution in [3.8, 4) is 5.75 Å². The lowest BCUT2D eigenvalue weighted by Gasteiger charge is -2.32. The largest absolute Gasteiger partial charge is 0.489 e. The van der Waals surface area contributed by atoms with Gasteiger partial charge < -0.3 is 19.6 Å². The molecule has 0 spiro atoms. The van der Waals surface area contributed by atoms with Gasteiger partial charge in [-0.05, 0) is 59.0 Å². The van der Waals surface area contributed by atoms with E-state index in [1.165, 1.54) is 6.07 Å². The summed E-state index contributed by atoms with van der Waals surface area (Å²) in [6, 6.07) is 4.89. The van der Waals surface area contributed by atoms with Crippen LogP contribution < -0.4 is 15.4 Å². The molecule has 0 radical (unpaired) electrons. The molecular formula is C25H31F3N6O3. The molecule has 1 atom stereocenters. The molecule has 3 aromatic rings. The van der Waals surface area contributed by atoms with Crippen LogP contribution in [0.5, 0.6) is 5.75 Å². The van der Waals surface area contributed by atoms with Crippen molar-refractivity contribution in [2.45, 2.75) is 51.1 Å². The third-order valence-corrected chi connectivity index (χ3v) is 6.23. The number of hydrogen-bond donors (Lipinski definition) is 3.